The number of rotatable bonds is 6. The first kappa shape index (κ1) is 15.0. The number of hydrogen-bond donors (Lipinski definition) is 2. The minimum atomic E-state index is -0.161. The van der Waals surface area contributed by atoms with Crippen LogP contribution in [0.2, 0.25) is 0 Å². The molecule has 0 saturated carbocycles. The molecule has 5 nitrogen and oxygen atoms in total. The normalized spacial score (nSPS) is 9.79. The van der Waals surface area contributed by atoms with Gasteiger partial charge in [0.25, 0.3) is 0 Å². The topological polar surface area (TPSA) is 88.1 Å². The van der Waals surface area contributed by atoms with E-state index < -0.39 is 0 Å². The smallest absolute Gasteiger partial charge is 0.233 e. The van der Waals surface area contributed by atoms with Crippen LogP contribution in [-0.4, -0.2) is 12.5 Å². The lowest BCUT2D eigenvalue weighted by atomic mass is 10.1. The maximum absolute atomic E-state index is 10.9. The number of ether oxygens (including phenoxy) is 1. The molecule has 0 aliphatic rings. The number of amides is 1. The summed E-state index contributed by atoms with van der Waals surface area (Å²) in [4.78, 5) is 10.9. The molecule has 0 aliphatic heterocycles. The highest BCUT2D eigenvalue weighted by Gasteiger charge is 2.06. The van der Waals surface area contributed by atoms with E-state index in [4.69, 9.17) is 15.8 Å². The monoisotopic (exact) mass is 261 g/mol. The van der Waals surface area contributed by atoms with E-state index in [9.17, 15) is 4.79 Å². The highest BCUT2D eigenvalue weighted by molar-refractivity contribution is 5.75. The molecule has 0 heterocycles. The van der Waals surface area contributed by atoms with Crippen molar-refractivity contribution in [3.05, 3.63) is 28.8 Å². The van der Waals surface area contributed by atoms with Gasteiger partial charge in [0, 0.05) is 6.42 Å². The minimum Gasteiger partial charge on any atom is -0.493 e. The largest absolute Gasteiger partial charge is 0.493 e. The molecule has 3 N–H and O–H groups in total. The molecule has 0 radical (unpaired) electrons. The van der Waals surface area contributed by atoms with Gasteiger partial charge in [-0.1, -0.05) is 0 Å². The van der Waals surface area contributed by atoms with E-state index in [-0.39, 0.29) is 5.91 Å². The van der Waals surface area contributed by atoms with Gasteiger partial charge in [0.15, 0.2) is 0 Å². The van der Waals surface area contributed by atoms with Crippen LogP contribution in [0.5, 0.6) is 5.75 Å². The van der Waals surface area contributed by atoms with Gasteiger partial charge < -0.3 is 4.74 Å². The lowest BCUT2D eigenvalue weighted by molar-refractivity contribution is -0.121. The summed E-state index contributed by atoms with van der Waals surface area (Å²) < 4.78 is 5.71. The predicted octanol–water partition coefficient (Wildman–Crippen LogP) is 1.71. The molecule has 0 bridgehead atoms. The van der Waals surface area contributed by atoms with Gasteiger partial charge in [-0.2, -0.15) is 5.26 Å². The van der Waals surface area contributed by atoms with E-state index in [1.807, 2.05) is 26.0 Å². The average Bonchev–Trinajstić information content (AvgIpc) is 2.40. The first-order valence-electron chi connectivity index (χ1n) is 6.22. The van der Waals surface area contributed by atoms with Crippen LogP contribution in [-0.2, 0) is 4.79 Å². The second kappa shape index (κ2) is 7.39. The van der Waals surface area contributed by atoms with Gasteiger partial charge in [-0.15, -0.1) is 0 Å². The van der Waals surface area contributed by atoms with Crippen LogP contribution in [0.25, 0.3) is 0 Å². The third-order valence-electron chi connectivity index (χ3n) is 2.79. The Labute approximate surface area is 113 Å². The van der Waals surface area contributed by atoms with Crippen LogP contribution in [0.3, 0.4) is 0 Å². The first-order valence-corrected chi connectivity index (χ1v) is 6.22. The van der Waals surface area contributed by atoms with Gasteiger partial charge in [0.1, 0.15) is 5.75 Å². The van der Waals surface area contributed by atoms with Crippen molar-refractivity contribution in [2.75, 3.05) is 6.61 Å². The van der Waals surface area contributed by atoms with Crippen LogP contribution < -0.4 is 16.0 Å². The summed E-state index contributed by atoms with van der Waals surface area (Å²) in [6.45, 7) is 4.39. The molecule has 0 unspecified atom stereocenters. The number of carbonyl (C=O) groups is 1. The molecule has 5 heteroatoms. The zero-order valence-corrected chi connectivity index (χ0v) is 11.3. The first-order chi connectivity index (χ1) is 9.08. The molecule has 19 heavy (non-hydrogen) atoms. The number of nitrogens with zero attached hydrogens (tertiary/aromatic N) is 1. The average molecular weight is 261 g/mol. The fourth-order valence-corrected chi connectivity index (χ4v) is 1.88. The number of carbonyl (C=O) groups excluding carboxylic acids is 1. The van der Waals surface area contributed by atoms with Crippen LogP contribution in [0.4, 0.5) is 0 Å². The summed E-state index contributed by atoms with van der Waals surface area (Å²) in [5, 5.41) is 8.86. The van der Waals surface area contributed by atoms with Gasteiger partial charge in [0.05, 0.1) is 18.2 Å². The third kappa shape index (κ3) is 4.60. The second-order valence-corrected chi connectivity index (χ2v) is 4.42. The van der Waals surface area contributed by atoms with E-state index in [1.54, 1.807) is 0 Å². The molecule has 1 amide bonds. The fraction of sp³-hybridized carbons (Fsp3) is 0.429. The van der Waals surface area contributed by atoms with E-state index >= 15 is 0 Å². The number of nitrogens with two attached hydrogens (primary N) is 1. The molecule has 0 atom stereocenters. The van der Waals surface area contributed by atoms with Crippen molar-refractivity contribution in [3.63, 3.8) is 0 Å². The highest BCUT2D eigenvalue weighted by atomic mass is 16.5. The predicted molar refractivity (Wildman–Crippen MR) is 72.3 cm³/mol. The van der Waals surface area contributed by atoms with Crippen molar-refractivity contribution >= 4 is 5.91 Å². The van der Waals surface area contributed by atoms with Crippen LogP contribution in [0.15, 0.2) is 12.1 Å². The van der Waals surface area contributed by atoms with Crippen molar-refractivity contribution in [2.24, 2.45) is 5.84 Å². The summed E-state index contributed by atoms with van der Waals surface area (Å²) in [6.07, 6.45) is 1.93. The van der Waals surface area contributed by atoms with Crippen molar-refractivity contribution in [2.45, 2.75) is 33.1 Å². The van der Waals surface area contributed by atoms with Gasteiger partial charge in [0.2, 0.25) is 5.91 Å². The zero-order chi connectivity index (χ0) is 14.3. The number of hydrazine groups is 1. The number of nitriles is 1. The Balaban J connectivity index is 2.46. The summed E-state index contributed by atoms with van der Waals surface area (Å²) in [6, 6.07) is 5.74. The van der Waals surface area contributed by atoms with E-state index in [1.165, 1.54) is 0 Å². The summed E-state index contributed by atoms with van der Waals surface area (Å²) in [5.74, 6) is 5.65. The number of aryl methyl sites for hydroxylation is 2. The van der Waals surface area contributed by atoms with Crippen molar-refractivity contribution in [1.29, 1.82) is 5.26 Å². The lowest BCUT2D eigenvalue weighted by Crippen LogP contribution is -2.29. The van der Waals surface area contributed by atoms with E-state index in [0.717, 1.165) is 29.7 Å². The fourth-order valence-electron chi connectivity index (χ4n) is 1.88. The molecular formula is C14H19N3O2. The molecule has 0 aliphatic carbocycles. The summed E-state index contributed by atoms with van der Waals surface area (Å²) in [7, 11) is 0. The third-order valence-corrected chi connectivity index (χ3v) is 2.79. The summed E-state index contributed by atoms with van der Waals surface area (Å²) >= 11 is 0. The molecule has 0 spiro atoms. The van der Waals surface area contributed by atoms with Crippen LogP contribution in [0, 0.1) is 25.2 Å². The summed E-state index contributed by atoms with van der Waals surface area (Å²) in [5.41, 5.74) is 4.64. The minimum absolute atomic E-state index is 0.161. The van der Waals surface area contributed by atoms with Crippen LogP contribution >= 0.6 is 0 Å². The van der Waals surface area contributed by atoms with Gasteiger partial charge >= 0.3 is 0 Å². The Bertz CT molecular complexity index is 469. The standard InChI is InChI=1S/C14H19N3O2/c1-10-7-12(9-15)8-11(2)14(10)19-6-4-3-5-13(18)17-16/h7-8H,3-6,16H2,1-2H3,(H,17,18). The van der Waals surface area contributed by atoms with Crippen molar-refractivity contribution in [3.8, 4) is 11.8 Å². The van der Waals surface area contributed by atoms with Gasteiger partial charge in [-0.05, 0) is 49.9 Å². The number of unbranched alkanes of at least 4 members (excludes halogenated alkanes) is 1. The second-order valence-electron chi connectivity index (χ2n) is 4.42. The van der Waals surface area contributed by atoms with E-state index in [2.05, 4.69) is 11.5 Å². The number of benzene rings is 1. The van der Waals surface area contributed by atoms with E-state index in [0.29, 0.717) is 18.6 Å². The Hall–Kier alpha value is -2.06. The molecule has 1 aromatic carbocycles. The molecule has 102 valence electrons. The molecule has 1 rings (SSSR count). The number of hydrogen-bond acceptors (Lipinski definition) is 4. The Kier molecular flexibility index (Phi) is 5.83. The lowest BCUT2D eigenvalue weighted by Gasteiger charge is -2.12. The maximum atomic E-state index is 10.9. The van der Waals surface area contributed by atoms with Crippen LogP contribution in [0.1, 0.15) is 36.0 Å². The molecule has 0 aromatic heterocycles. The Morgan fingerprint density at radius 2 is 2.00 bits per heavy atom. The molecule has 1 aromatic rings. The van der Waals surface area contributed by atoms with Crippen molar-refractivity contribution < 1.29 is 9.53 Å². The Morgan fingerprint density at radius 3 is 2.53 bits per heavy atom. The Morgan fingerprint density at radius 1 is 1.37 bits per heavy atom. The molecule has 0 fully saturated rings. The zero-order valence-electron chi connectivity index (χ0n) is 11.3. The highest BCUT2D eigenvalue weighted by Crippen LogP contribution is 2.24. The SMILES string of the molecule is Cc1cc(C#N)cc(C)c1OCCCCC(=O)NN. The number of nitrogens with one attached hydrogen (secondary N) is 1. The van der Waals surface area contributed by atoms with Gasteiger partial charge in [-0.25, -0.2) is 5.84 Å². The molecule has 0 saturated heterocycles. The quantitative estimate of drug-likeness (QED) is 0.353. The van der Waals surface area contributed by atoms with Crippen molar-refractivity contribution in [1.82, 2.24) is 5.43 Å². The molecular weight excluding hydrogens is 242 g/mol. The van der Waals surface area contributed by atoms with Gasteiger partial charge in [-0.3, -0.25) is 10.2 Å². The maximum Gasteiger partial charge on any atom is 0.233 e.